The molecule has 1 aromatic heterocycles. The number of nitrogens with zero attached hydrogens (tertiary/aromatic N) is 2. The van der Waals surface area contributed by atoms with Crippen LogP contribution in [0.5, 0.6) is 0 Å². The van der Waals surface area contributed by atoms with Crippen molar-refractivity contribution in [3.05, 3.63) is 34.7 Å². The largest absolute Gasteiger partial charge is 0.326 e. The fourth-order valence-electron chi connectivity index (χ4n) is 3.09. The maximum absolute atomic E-state index is 12.1. The number of Topliss-reactive ketones (excluding diaryl/α,β-unsaturated/α-hetero) is 1. The van der Waals surface area contributed by atoms with Gasteiger partial charge in [-0.3, -0.25) is 14.3 Å². The number of nitrogens with one attached hydrogen (secondary N) is 1. The Kier molecular flexibility index (Phi) is 3.44. The molecule has 5 nitrogen and oxygen atoms in total. The Morgan fingerprint density at radius 3 is 2.70 bits per heavy atom. The van der Waals surface area contributed by atoms with E-state index in [9.17, 15) is 9.59 Å². The van der Waals surface area contributed by atoms with Crippen LogP contribution in [-0.2, 0) is 4.79 Å². The molecule has 2 heterocycles. The SMILES string of the molecule is CC(=O)CN1CCC(n2c(=O)[nH]c3ccccc32)CC1. The van der Waals surface area contributed by atoms with Gasteiger partial charge in [0.15, 0.2) is 0 Å². The quantitative estimate of drug-likeness (QED) is 0.923. The topological polar surface area (TPSA) is 58.1 Å². The Hall–Kier alpha value is -1.88. The number of aromatic amines is 1. The molecular formula is C15H19N3O2. The zero-order valence-corrected chi connectivity index (χ0v) is 11.6. The van der Waals surface area contributed by atoms with E-state index in [1.807, 2.05) is 28.8 Å². The second kappa shape index (κ2) is 5.25. The van der Waals surface area contributed by atoms with Crippen LogP contribution < -0.4 is 5.69 Å². The number of hydrogen-bond donors (Lipinski definition) is 1. The second-order valence-corrected chi connectivity index (χ2v) is 5.53. The van der Waals surface area contributed by atoms with Crippen LogP contribution in [0, 0.1) is 0 Å². The lowest BCUT2D eigenvalue weighted by Gasteiger charge is -2.31. The molecule has 106 valence electrons. The first-order chi connectivity index (χ1) is 9.65. The van der Waals surface area contributed by atoms with Crippen LogP contribution in [0.4, 0.5) is 0 Å². The highest BCUT2D eigenvalue weighted by molar-refractivity contribution is 5.77. The Morgan fingerprint density at radius 2 is 2.00 bits per heavy atom. The van der Waals surface area contributed by atoms with Crippen LogP contribution in [0.1, 0.15) is 25.8 Å². The van der Waals surface area contributed by atoms with Crippen molar-refractivity contribution in [2.45, 2.75) is 25.8 Å². The maximum atomic E-state index is 12.1. The van der Waals surface area contributed by atoms with Gasteiger partial charge in [0.25, 0.3) is 0 Å². The van der Waals surface area contributed by atoms with Gasteiger partial charge in [0.2, 0.25) is 0 Å². The standard InChI is InChI=1S/C15H19N3O2/c1-11(19)10-17-8-6-12(7-9-17)18-14-5-3-2-4-13(14)16-15(18)20/h2-5,12H,6-10H2,1H3,(H,16,20). The van der Waals surface area contributed by atoms with Gasteiger partial charge < -0.3 is 4.98 Å². The number of hydrogen-bond acceptors (Lipinski definition) is 3. The lowest BCUT2D eigenvalue weighted by atomic mass is 10.0. The number of piperidine rings is 1. The van der Waals surface area contributed by atoms with Gasteiger partial charge in [-0.1, -0.05) is 12.1 Å². The molecular weight excluding hydrogens is 254 g/mol. The van der Waals surface area contributed by atoms with Crippen molar-refractivity contribution in [2.24, 2.45) is 0 Å². The molecule has 0 spiro atoms. The number of carbonyl (C=O) groups is 1. The Balaban J connectivity index is 1.82. The summed E-state index contributed by atoms with van der Waals surface area (Å²) in [6.45, 7) is 3.89. The van der Waals surface area contributed by atoms with Crippen LogP contribution in [0.3, 0.4) is 0 Å². The number of benzene rings is 1. The summed E-state index contributed by atoms with van der Waals surface area (Å²) in [6, 6.07) is 8.02. The van der Waals surface area contributed by atoms with Crippen molar-refractivity contribution in [3.63, 3.8) is 0 Å². The van der Waals surface area contributed by atoms with Crippen LogP contribution in [0.2, 0.25) is 0 Å². The van der Waals surface area contributed by atoms with E-state index in [1.165, 1.54) is 0 Å². The number of H-pyrrole nitrogens is 1. The first-order valence-electron chi connectivity index (χ1n) is 7.06. The Morgan fingerprint density at radius 1 is 1.30 bits per heavy atom. The minimum atomic E-state index is -0.0313. The number of imidazole rings is 1. The molecule has 1 saturated heterocycles. The summed E-state index contributed by atoms with van der Waals surface area (Å²) in [5, 5.41) is 0. The summed E-state index contributed by atoms with van der Waals surface area (Å²) in [5.74, 6) is 0.202. The highest BCUT2D eigenvalue weighted by atomic mass is 16.1. The molecule has 1 aliphatic heterocycles. The summed E-state index contributed by atoms with van der Waals surface area (Å²) < 4.78 is 1.88. The van der Waals surface area contributed by atoms with Gasteiger partial charge >= 0.3 is 5.69 Å². The second-order valence-electron chi connectivity index (χ2n) is 5.53. The van der Waals surface area contributed by atoms with Gasteiger partial charge in [0, 0.05) is 19.1 Å². The molecule has 5 heteroatoms. The van der Waals surface area contributed by atoms with Gasteiger partial charge in [-0.2, -0.15) is 0 Å². The molecule has 0 bridgehead atoms. The number of aromatic nitrogens is 2. The third-order valence-electron chi connectivity index (χ3n) is 3.99. The summed E-state index contributed by atoms with van der Waals surface area (Å²) in [5.41, 5.74) is 1.84. The molecule has 2 aromatic rings. The van der Waals surface area contributed by atoms with Crippen molar-refractivity contribution in [2.75, 3.05) is 19.6 Å². The summed E-state index contributed by atoms with van der Waals surface area (Å²) >= 11 is 0. The number of para-hydroxylation sites is 2. The first kappa shape index (κ1) is 13.1. The number of carbonyl (C=O) groups excluding carboxylic acids is 1. The third-order valence-corrected chi connectivity index (χ3v) is 3.99. The van der Waals surface area contributed by atoms with Crippen molar-refractivity contribution in [3.8, 4) is 0 Å². The molecule has 0 aliphatic carbocycles. The van der Waals surface area contributed by atoms with Crippen molar-refractivity contribution in [1.82, 2.24) is 14.5 Å². The molecule has 0 atom stereocenters. The summed E-state index contributed by atoms with van der Waals surface area (Å²) in [7, 11) is 0. The summed E-state index contributed by atoms with van der Waals surface area (Å²) in [6.07, 6.45) is 1.82. The predicted molar refractivity (Wildman–Crippen MR) is 78.0 cm³/mol. The molecule has 3 rings (SSSR count). The van der Waals surface area contributed by atoms with E-state index in [4.69, 9.17) is 0 Å². The van der Waals surface area contributed by atoms with Gasteiger partial charge in [0.1, 0.15) is 5.78 Å². The van der Waals surface area contributed by atoms with E-state index in [0.717, 1.165) is 37.0 Å². The number of likely N-dealkylation sites (tertiary alicyclic amines) is 1. The van der Waals surface area contributed by atoms with Crippen LogP contribution in [0.15, 0.2) is 29.1 Å². The number of rotatable bonds is 3. The monoisotopic (exact) mass is 273 g/mol. The molecule has 1 fully saturated rings. The molecule has 0 radical (unpaired) electrons. The van der Waals surface area contributed by atoms with Crippen molar-refractivity contribution < 1.29 is 4.79 Å². The first-order valence-corrected chi connectivity index (χ1v) is 7.06. The fourth-order valence-corrected chi connectivity index (χ4v) is 3.09. The number of ketones is 1. The average Bonchev–Trinajstić information content (AvgIpc) is 2.75. The lowest BCUT2D eigenvalue weighted by Crippen LogP contribution is -2.39. The average molecular weight is 273 g/mol. The normalized spacial score (nSPS) is 17.6. The maximum Gasteiger partial charge on any atom is 0.326 e. The minimum absolute atomic E-state index is 0.0313. The molecule has 1 aromatic carbocycles. The molecule has 20 heavy (non-hydrogen) atoms. The fraction of sp³-hybridized carbons (Fsp3) is 0.467. The zero-order valence-electron chi connectivity index (χ0n) is 11.6. The minimum Gasteiger partial charge on any atom is -0.306 e. The lowest BCUT2D eigenvalue weighted by molar-refractivity contribution is -0.118. The third kappa shape index (κ3) is 2.41. The molecule has 0 amide bonds. The van der Waals surface area contributed by atoms with Crippen molar-refractivity contribution >= 4 is 16.8 Å². The predicted octanol–water partition coefficient (Wildman–Crippen LogP) is 1.56. The Labute approximate surface area is 117 Å². The van der Waals surface area contributed by atoms with E-state index in [-0.39, 0.29) is 17.5 Å². The Bertz CT molecular complexity index is 678. The zero-order chi connectivity index (χ0) is 14.1. The smallest absolute Gasteiger partial charge is 0.306 e. The molecule has 0 unspecified atom stereocenters. The van der Waals surface area contributed by atoms with E-state index in [0.29, 0.717) is 6.54 Å². The highest BCUT2D eigenvalue weighted by Crippen LogP contribution is 2.24. The van der Waals surface area contributed by atoms with Gasteiger partial charge in [-0.15, -0.1) is 0 Å². The molecule has 0 saturated carbocycles. The van der Waals surface area contributed by atoms with E-state index in [2.05, 4.69) is 9.88 Å². The number of fused-ring (bicyclic) bond motifs is 1. The molecule has 1 aliphatic rings. The van der Waals surface area contributed by atoms with Gasteiger partial charge in [-0.25, -0.2) is 4.79 Å². The van der Waals surface area contributed by atoms with Gasteiger partial charge in [0.05, 0.1) is 17.6 Å². The van der Waals surface area contributed by atoms with Gasteiger partial charge in [-0.05, 0) is 31.9 Å². The van der Waals surface area contributed by atoms with E-state index in [1.54, 1.807) is 6.92 Å². The molecule has 1 N–H and O–H groups in total. The van der Waals surface area contributed by atoms with Crippen molar-refractivity contribution in [1.29, 1.82) is 0 Å². The highest BCUT2D eigenvalue weighted by Gasteiger charge is 2.23. The van der Waals surface area contributed by atoms with Crippen LogP contribution in [-0.4, -0.2) is 39.9 Å². The van der Waals surface area contributed by atoms with Crippen LogP contribution in [0.25, 0.3) is 11.0 Å². The summed E-state index contributed by atoms with van der Waals surface area (Å²) in [4.78, 5) is 28.4. The van der Waals surface area contributed by atoms with Crippen LogP contribution >= 0.6 is 0 Å². The van der Waals surface area contributed by atoms with E-state index >= 15 is 0 Å². The van der Waals surface area contributed by atoms with E-state index < -0.39 is 0 Å².